The molecule has 0 aromatic heterocycles. The molecule has 0 atom stereocenters. The Morgan fingerprint density at radius 1 is 1.11 bits per heavy atom. The third-order valence-corrected chi connectivity index (χ3v) is 6.84. The summed E-state index contributed by atoms with van der Waals surface area (Å²) in [6, 6.07) is 0.156. The van der Waals surface area contributed by atoms with Crippen LogP contribution < -0.4 is 0 Å². The van der Waals surface area contributed by atoms with Gasteiger partial charge in [0.05, 0.1) is 5.41 Å². The normalized spacial score (nSPS) is 30.6. The molecule has 7 heteroatoms. The molecule has 0 aromatic carbocycles. The van der Waals surface area contributed by atoms with E-state index in [0.29, 0.717) is 32.4 Å². The molecule has 0 bridgehead atoms. The van der Waals surface area contributed by atoms with Gasteiger partial charge in [0, 0.05) is 37.5 Å². The van der Waals surface area contributed by atoms with E-state index in [-0.39, 0.29) is 23.5 Å². The van der Waals surface area contributed by atoms with Crippen molar-refractivity contribution in [2.75, 3.05) is 19.6 Å². The minimum atomic E-state index is -0.732. The van der Waals surface area contributed by atoms with E-state index >= 15 is 0 Å². The third kappa shape index (κ3) is 4.28. The highest BCUT2D eigenvalue weighted by Crippen LogP contribution is 2.45. The minimum Gasteiger partial charge on any atom is -0.481 e. The van der Waals surface area contributed by atoms with Gasteiger partial charge in [-0.15, -0.1) is 0 Å². The second-order valence-electron chi connectivity index (χ2n) is 10.3. The van der Waals surface area contributed by atoms with E-state index in [1.807, 2.05) is 32.6 Å². The molecule has 0 aromatic rings. The Kier molecular flexibility index (Phi) is 5.40. The van der Waals surface area contributed by atoms with Gasteiger partial charge in [-0.2, -0.15) is 0 Å². The van der Waals surface area contributed by atoms with Gasteiger partial charge in [-0.25, -0.2) is 4.79 Å². The van der Waals surface area contributed by atoms with Crippen molar-refractivity contribution in [3.63, 3.8) is 0 Å². The summed E-state index contributed by atoms with van der Waals surface area (Å²) in [7, 11) is 0. The molecule has 3 fully saturated rings. The fourth-order valence-corrected chi connectivity index (χ4v) is 4.85. The van der Waals surface area contributed by atoms with E-state index in [1.165, 1.54) is 0 Å². The molecule has 2 amide bonds. The van der Waals surface area contributed by atoms with Crippen LogP contribution in [-0.4, -0.2) is 64.2 Å². The number of hydrogen-bond donors (Lipinski definition) is 1. The lowest BCUT2D eigenvalue weighted by atomic mass is 9.73. The molecule has 158 valence electrons. The average Bonchev–Trinajstić information content (AvgIpc) is 2.90. The van der Waals surface area contributed by atoms with E-state index in [9.17, 15) is 19.5 Å². The van der Waals surface area contributed by atoms with Crippen LogP contribution in [0.25, 0.3) is 0 Å². The van der Waals surface area contributed by atoms with Crippen molar-refractivity contribution < 1.29 is 24.2 Å². The summed E-state index contributed by atoms with van der Waals surface area (Å²) >= 11 is 0. The SMILES string of the molecule is CC(C)(C)OC(=O)N1CCC2(CC1)CC(=O)N(C1CCC(C)(C(=O)O)CC1)C2. The maximum atomic E-state index is 12.7. The quantitative estimate of drug-likeness (QED) is 0.777. The lowest BCUT2D eigenvalue weighted by Gasteiger charge is -2.41. The summed E-state index contributed by atoms with van der Waals surface area (Å²) in [5.74, 6) is -0.542. The number of carboxylic acid groups (broad SMARTS) is 1. The first kappa shape index (κ1) is 20.9. The zero-order valence-electron chi connectivity index (χ0n) is 17.6. The second-order valence-corrected chi connectivity index (χ2v) is 10.3. The molecule has 28 heavy (non-hydrogen) atoms. The number of aliphatic carboxylic acids is 1. The first-order valence-corrected chi connectivity index (χ1v) is 10.4. The van der Waals surface area contributed by atoms with E-state index in [1.54, 1.807) is 4.90 Å². The Morgan fingerprint density at radius 2 is 1.68 bits per heavy atom. The van der Waals surface area contributed by atoms with E-state index in [4.69, 9.17) is 4.74 Å². The number of rotatable bonds is 2. The highest BCUT2D eigenvalue weighted by Gasteiger charge is 2.49. The maximum Gasteiger partial charge on any atom is 0.410 e. The monoisotopic (exact) mass is 394 g/mol. The van der Waals surface area contributed by atoms with Gasteiger partial charge in [0.1, 0.15) is 5.60 Å². The molecule has 2 aliphatic heterocycles. The first-order chi connectivity index (χ1) is 12.9. The molecule has 1 saturated carbocycles. The Balaban J connectivity index is 1.55. The number of likely N-dealkylation sites (tertiary alicyclic amines) is 2. The van der Waals surface area contributed by atoms with Gasteiger partial charge in [0.15, 0.2) is 0 Å². The fourth-order valence-electron chi connectivity index (χ4n) is 4.85. The van der Waals surface area contributed by atoms with Crippen LogP contribution in [-0.2, 0) is 14.3 Å². The van der Waals surface area contributed by atoms with Crippen molar-refractivity contribution in [2.24, 2.45) is 10.8 Å². The molecule has 0 radical (unpaired) electrons. The molecule has 3 rings (SSSR count). The molecular formula is C21H34N2O5. The first-order valence-electron chi connectivity index (χ1n) is 10.4. The molecule has 1 aliphatic carbocycles. The van der Waals surface area contributed by atoms with Crippen LogP contribution in [0.1, 0.15) is 72.6 Å². The van der Waals surface area contributed by atoms with E-state index in [2.05, 4.69) is 0 Å². The molecule has 0 unspecified atom stereocenters. The number of piperidine rings is 1. The number of ether oxygens (including phenoxy) is 1. The van der Waals surface area contributed by atoms with Crippen LogP contribution in [0.2, 0.25) is 0 Å². The molecule has 7 nitrogen and oxygen atoms in total. The number of nitrogens with zero attached hydrogens (tertiary/aromatic N) is 2. The largest absolute Gasteiger partial charge is 0.481 e. The summed E-state index contributed by atoms with van der Waals surface area (Å²) < 4.78 is 5.47. The van der Waals surface area contributed by atoms with Gasteiger partial charge in [-0.3, -0.25) is 9.59 Å². The fraction of sp³-hybridized carbons (Fsp3) is 0.857. The summed E-state index contributed by atoms with van der Waals surface area (Å²) in [4.78, 5) is 40.3. The van der Waals surface area contributed by atoms with Crippen LogP contribution in [0.4, 0.5) is 4.79 Å². The van der Waals surface area contributed by atoms with Gasteiger partial charge < -0.3 is 19.6 Å². The van der Waals surface area contributed by atoms with Crippen LogP contribution in [0.3, 0.4) is 0 Å². The summed E-state index contributed by atoms with van der Waals surface area (Å²) in [5, 5.41) is 9.42. The summed E-state index contributed by atoms with van der Waals surface area (Å²) in [6.07, 6.45) is 4.66. The zero-order chi connectivity index (χ0) is 20.7. The Morgan fingerprint density at radius 3 is 2.18 bits per heavy atom. The number of amides is 2. The lowest BCUT2D eigenvalue weighted by molar-refractivity contribution is -0.150. The van der Waals surface area contributed by atoms with Crippen LogP contribution in [0, 0.1) is 10.8 Å². The highest BCUT2D eigenvalue weighted by atomic mass is 16.6. The number of carboxylic acids is 1. The van der Waals surface area contributed by atoms with E-state index < -0.39 is 17.0 Å². The molecular weight excluding hydrogens is 360 g/mol. The average molecular weight is 395 g/mol. The van der Waals surface area contributed by atoms with Crippen LogP contribution in [0.15, 0.2) is 0 Å². The van der Waals surface area contributed by atoms with Crippen molar-refractivity contribution >= 4 is 18.0 Å². The minimum absolute atomic E-state index is 0.0524. The number of carbonyl (C=O) groups excluding carboxylic acids is 2. The van der Waals surface area contributed by atoms with Crippen molar-refractivity contribution in [3.05, 3.63) is 0 Å². The second kappa shape index (κ2) is 7.23. The van der Waals surface area contributed by atoms with Crippen LogP contribution >= 0.6 is 0 Å². The molecule has 1 N–H and O–H groups in total. The lowest BCUT2D eigenvalue weighted by Crippen LogP contribution is -2.47. The van der Waals surface area contributed by atoms with Crippen molar-refractivity contribution in [2.45, 2.75) is 84.3 Å². The number of carbonyl (C=O) groups is 3. The van der Waals surface area contributed by atoms with Crippen molar-refractivity contribution in [1.82, 2.24) is 9.80 Å². The summed E-state index contributed by atoms with van der Waals surface area (Å²) in [6.45, 7) is 9.39. The number of hydrogen-bond acceptors (Lipinski definition) is 4. The van der Waals surface area contributed by atoms with Crippen LogP contribution in [0.5, 0.6) is 0 Å². The predicted molar refractivity (Wildman–Crippen MR) is 104 cm³/mol. The van der Waals surface area contributed by atoms with Crippen molar-refractivity contribution in [1.29, 1.82) is 0 Å². The standard InChI is InChI=1S/C21H34N2O5/c1-19(2,3)28-18(27)22-11-9-21(10-12-22)13-16(24)23(14-21)15-5-7-20(4,8-6-15)17(25)26/h15H,5-14H2,1-4H3,(H,25,26). The highest BCUT2D eigenvalue weighted by molar-refractivity contribution is 5.80. The Bertz CT molecular complexity index is 638. The van der Waals surface area contributed by atoms with Gasteiger partial charge in [-0.05, 0) is 66.2 Å². The molecule has 2 saturated heterocycles. The topological polar surface area (TPSA) is 87.2 Å². The third-order valence-electron chi connectivity index (χ3n) is 6.84. The molecule has 2 heterocycles. The van der Waals surface area contributed by atoms with E-state index in [0.717, 1.165) is 32.2 Å². The summed E-state index contributed by atoms with van der Waals surface area (Å²) in [5.41, 5.74) is -1.21. The zero-order valence-corrected chi connectivity index (χ0v) is 17.6. The van der Waals surface area contributed by atoms with Crippen molar-refractivity contribution in [3.8, 4) is 0 Å². The predicted octanol–water partition coefficient (Wildman–Crippen LogP) is 3.27. The molecule has 1 spiro atoms. The molecule has 3 aliphatic rings. The Labute approximate surface area is 167 Å². The Hall–Kier alpha value is -1.79. The smallest absolute Gasteiger partial charge is 0.410 e. The van der Waals surface area contributed by atoms with Gasteiger partial charge in [0.2, 0.25) is 5.91 Å². The van der Waals surface area contributed by atoms with Gasteiger partial charge in [-0.1, -0.05) is 0 Å². The maximum absolute atomic E-state index is 12.7. The van der Waals surface area contributed by atoms with Gasteiger partial charge in [0.25, 0.3) is 0 Å². The van der Waals surface area contributed by atoms with Gasteiger partial charge >= 0.3 is 12.1 Å².